The van der Waals surface area contributed by atoms with Crippen LogP contribution in [0.5, 0.6) is 0 Å². The lowest BCUT2D eigenvalue weighted by Crippen LogP contribution is -2.12. The van der Waals surface area contributed by atoms with Crippen molar-refractivity contribution < 1.29 is 0 Å². The standard InChI is InChI=1S/C39H30N2/c1-25-9-3-7-13-37(25)41(38-14-8-4-10-26(38)2)30-18-15-27(16-19-30)28-17-22-36-34(23-28)33-21-20-32-31-12-6-5-11-29(31)24-35(32)39(33)40-36/h3-23,40H,24H2,1-2H3. The van der Waals surface area contributed by atoms with E-state index in [4.69, 9.17) is 0 Å². The number of nitrogens with zero attached hydrogens (tertiary/aromatic N) is 1. The molecule has 7 aromatic rings. The molecule has 0 saturated heterocycles. The first-order valence-corrected chi connectivity index (χ1v) is 14.3. The summed E-state index contributed by atoms with van der Waals surface area (Å²) in [4.78, 5) is 6.13. The maximum atomic E-state index is 3.76. The number of fused-ring (bicyclic) bond motifs is 7. The predicted molar refractivity (Wildman–Crippen MR) is 174 cm³/mol. The van der Waals surface area contributed by atoms with Crippen LogP contribution in [0.15, 0.2) is 127 Å². The quantitative estimate of drug-likeness (QED) is 0.242. The van der Waals surface area contributed by atoms with Gasteiger partial charge in [-0.15, -0.1) is 0 Å². The molecular weight excluding hydrogens is 496 g/mol. The molecule has 1 aromatic heterocycles. The number of aromatic nitrogens is 1. The number of aromatic amines is 1. The van der Waals surface area contributed by atoms with Crippen molar-refractivity contribution in [1.82, 2.24) is 4.98 Å². The zero-order valence-electron chi connectivity index (χ0n) is 23.3. The smallest absolute Gasteiger partial charge is 0.0507 e. The van der Waals surface area contributed by atoms with Crippen LogP contribution in [0, 0.1) is 13.8 Å². The van der Waals surface area contributed by atoms with E-state index >= 15 is 0 Å². The minimum atomic E-state index is 0.988. The Morgan fingerprint density at radius 1 is 0.561 bits per heavy atom. The van der Waals surface area contributed by atoms with Crippen LogP contribution in [0.3, 0.4) is 0 Å². The number of hydrogen-bond acceptors (Lipinski definition) is 1. The highest BCUT2D eigenvalue weighted by molar-refractivity contribution is 6.11. The van der Waals surface area contributed by atoms with Crippen molar-refractivity contribution in [3.8, 4) is 22.3 Å². The molecule has 8 rings (SSSR count). The fraction of sp³-hybridized carbons (Fsp3) is 0.0769. The molecule has 2 nitrogen and oxygen atoms in total. The van der Waals surface area contributed by atoms with E-state index in [0.717, 1.165) is 12.1 Å². The average molecular weight is 527 g/mol. The summed E-state index contributed by atoms with van der Waals surface area (Å²) >= 11 is 0. The van der Waals surface area contributed by atoms with Crippen LogP contribution in [-0.2, 0) is 6.42 Å². The Hall–Kier alpha value is -5.08. The Bertz CT molecular complexity index is 2050. The third kappa shape index (κ3) is 3.79. The minimum absolute atomic E-state index is 0.988. The van der Waals surface area contributed by atoms with Crippen LogP contribution in [0.25, 0.3) is 44.1 Å². The van der Waals surface area contributed by atoms with E-state index < -0.39 is 0 Å². The third-order valence-electron chi connectivity index (χ3n) is 8.73. The maximum absolute atomic E-state index is 3.76. The molecule has 1 N–H and O–H groups in total. The van der Waals surface area contributed by atoms with E-state index in [1.54, 1.807) is 0 Å². The first kappa shape index (κ1) is 23.8. The molecule has 41 heavy (non-hydrogen) atoms. The Balaban J connectivity index is 1.20. The number of aryl methyl sites for hydroxylation is 2. The van der Waals surface area contributed by atoms with Gasteiger partial charge in [-0.2, -0.15) is 0 Å². The first-order valence-electron chi connectivity index (χ1n) is 14.3. The summed E-state index contributed by atoms with van der Waals surface area (Å²) < 4.78 is 0. The van der Waals surface area contributed by atoms with Gasteiger partial charge >= 0.3 is 0 Å². The number of hydrogen-bond donors (Lipinski definition) is 1. The lowest BCUT2D eigenvalue weighted by atomic mass is 10.00. The highest BCUT2D eigenvalue weighted by Gasteiger charge is 2.22. The molecule has 1 aliphatic carbocycles. The number of H-pyrrole nitrogens is 1. The number of rotatable bonds is 4. The number of nitrogens with one attached hydrogen (secondary N) is 1. The summed E-state index contributed by atoms with van der Waals surface area (Å²) in [5, 5.41) is 2.58. The van der Waals surface area contributed by atoms with E-state index in [9.17, 15) is 0 Å². The topological polar surface area (TPSA) is 19.0 Å². The van der Waals surface area contributed by atoms with E-state index in [0.29, 0.717) is 0 Å². The molecule has 0 unspecified atom stereocenters. The van der Waals surface area contributed by atoms with Gasteiger partial charge in [0.05, 0.1) is 5.52 Å². The molecule has 1 aliphatic rings. The summed E-state index contributed by atoms with van der Waals surface area (Å²) in [6.07, 6.45) is 0.988. The van der Waals surface area contributed by atoms with E-state index in [1.165, 1.54) is 77.7 Å². The lowest BCUT2D eigenvalue weighted by Gasteiger charge is -2.28. The summed E-state index contributed by atoms with van der Waals surface area (Å²) in [6.45, 7) is 4.36. The summed E-state index contributed by atoms with van der Waals surface area (Å²) in [6, 6.07) is 46.4. The van der Waals surface area contributed by atoms with Crippen molar-refractivity contribution in [2.24, 2.45) is 0 Å². The highest BCUT2D eigenvalue weighted by Crippen LogP contribution is 2.43. The Labute approximate surface area is 240 Å². The second-order valence-corrected chi connectivity index (χ2v) is 11.2. The Kier molecular flexibility index (Phi) is 5.36. The fourth-order valence-electron chi connectivity index (χ4n) is 6.61. The molecule has 0 bridgehead atoms. The van der Waals surface area contributed by atoms with Gasteiger partial charge in [0.1, 0.15) is 0 Å². The third-order valence-corrected chi connectivity index (χ3v) is 8.73. The van der Waals surface area contributed by atoms with Crippen LogP contribution in [0.4, 0.5) is 17.1 Å². The van der Waals surface area contributed by atoms with Crippen LogP contribution < -0.4 is 4.90 Å². The average Bonchev–Trinajstić information content (AvgIpc) is 3.58. The van der Waals surface area contributed by atoms with Crippen molar-refractivity contribution in [1.29, 1.82) is 0 Å². The molecule has 196 valence electrons. The number of anilines is 3. The molecule has 0 atom stereocenters. The Morgan fingerprint density at radius 3 is 1.95 bits per heavy atom. The normalized spacial score (nSPS) is 12.0. The zero-order valence-corrected chi connectivity index (χ0v) is 23.3. The van der Waals surface area contributed by atoms with Gasteiger partial charge in [-0.1, -0.05) is 91.0 Å². The largest absolute Gasteiger partial charge is 0.354 e. The lowest BCUT2D eigenvalue weighted by molar-refractivity contribution is 1.23. The number of para-hydroxylation sites is 2. The van der Waals surface area contributed by atoms with Gasteiger partial charge in [-0.3, -0.25) is 0 Å². The van der Waals surface area contributed by atoms with Gasteiger partial charge in [0.2, 0.25) is 0 Å². The molecule has 0 saturated carbocycles. The van der Waals surface area contributed by atoms with E-state index in [2.05, 4.69) is 151 Å². The van der Waals surface area contributed by atoms with Gasteiger partial charge in [-0.25, -0.2) is 0 Å². The molecule has 0 fully saturated rings. The maximum Gasteiger partial charge on any atom is 0.0507 e. The second-order valence-electron chi connectivity index (χ2n) is 11.2. The van der Waals surface area contributed by atoms with Gasteiger partial charge in [0.25, 0.3) is 0 Å². The molecular formula is C39H30N2. The molecule has 0 spiro atoms. The highest BCUT2D eigenvalue weighted by atomic mass is 15.1. The molecule has 0 amide bonds. The summed E-state index contributed by atoms with van der Waals surface area (Å²) in [7, 11) is 0. The van der Waals surface area contributed by atoms with Gasteiger partial charge in [0.15, 0.2) is 0 Å². The molecule has 1 heterocycles. The molecule has 0 radical (unpaired) electrons. The van der Waals surface area contributed by atoms with Crippen molar-refractivity contribution in [3.63, 3.8) is 0 Å². The van der Waals surface area contributed by atoms with Crippen LogP contribution in [-0.4, -0.2) is 4.98 Å². The van der Waals surface area contributed by atoms with Crippen LogP contribution in [0.2, 0.25) is 0 Å². The minimum Gasteiger partial charge on any atom is -0.354 e. The van der Waals surface area contributed by atoms with E-state index in [-0.39, 0.29) is 0 Å². The summed E-state index contributed by atoms with van der Waals surface area (Å²) in [5.74, 6) is 0. The summed E-state index contributed by atoms with van der Waals surface area (Å²) in [5.41, 5.74) is 16.5. The van der Waals surface area contributed by atoms with Crippen molar-refractivity contribution >= 4 is 38.9 Å². The zero-order chi connectivity index (χ0) is 27.5. The number of benzene rings is 6. The predicted octanol–water partition coefficient (Wildman–Crippen LogP) is 10.6. The van der Waals surface area contributed by atoms with Gasteiger partial charge in [-0.05, 0) is 94.8 Å². The van der Waals surface area contributed by atoms with Crippen LogP contribution in [0.1, 0.15) is 22.3 Å². The fourth-order valence-corrected chi connectivity index (χ4v) is 6.61. The molecule has 2 heteroatoms. The van der Waals surface area contributed by atoms with E-state index in [1.807, 2.05) is 0 Å². The van der Waals surface area contributed by atoms with Crippen molar-refractivity contribution in [2.75, 3.05) is 4.90 Å². The first-order chi connectivity index (χ1) is 20.2. The van der Waals surface area contributed by atoms with Gasteiger partial charge < -0.3 is 9.88 Å². The Morgan fingerprint density at radius 2 is 1.22 bits per heavy atom. The SMILES string of the molecule is Cc1ccccc1N(c1ccc(-c2ccc3[nH]c4c5c(ccc4c3c2)-c2ccccc2C5)cc1)c1ccccc1C. The van der Waals surface area contributed by atoms with Crippen molar-refractivity contribution in [3.05, 3.63) is 150 Å². The van der Waals surface area contributed by atoms with Crippen molar-refractivity contribution in [2.45, 2.75) is 20.3 Å². The van der Waals surface area contributed by atoms with Crippen LogP contribution >= 0.6 is 0 Å². The monoisotopic (exact) mass is 526 g/mol. The second kappa shape index (κ2) is 9.25. The van der Waals surface area contributed by atoms with Gasteiger partial charge in [0, 0.05) is 39.8 Å². The molecule has 6 aromatic carbocycles. The molecule has 0 aliphatic heterocycles.